The highest BCUT2D eigenvalue weighted by Crippen LogP contribution is 2.22. The summed E-state index contributed by atoms with van der Waals surface area (Å²) in [6.45, 7) is 4.38. The first-order valence-electron chi connectivity index (χ1n) is 5.14. The van der Waals surface area contributed by atoms with Crippen molar-refractivity contribution < 1.29 is 0 Å². The lowest BCUT2D eigenvalue weighted by Gasteiger charge is -2.20. The van der Waals surface area contributed by atoms with Crippen LogP contribution in [0.1, 0.15) is 12.0 Å². The molecule has 0 saturated carbocycles. The molecule has 1 atom stereocenters. The average Bonchev–Trinajstić information content (AvgIpc) is 2.67. The number of nitrogens with one attached hydrogen (secondary N) is 1. The number of pyridine rings is 1. The Morgan fingerprint density at radius 3 is 3.07 bits per heavy atom. The minimum atomic E-state index is 0.641. The van der Waals surface area contributed by atoms with E-state index in [0.717, 1.165) is 13.1 Å². The fourth-order valence-electron chi connectivity index (χ4n) is 2.04. The number of anilines is 1. The smallest absolute Gasteiger partial charge is 0.0427 e. The topological polar surface area (TPSA) is 28.2 Å². The van der Waals surface area contributed by atoms with Crippen molar-refractivity contribution in [3.8, 4) is 0 Å². The molecule has 3 nitrogen and oxygen atoms in total. The summed E-state index contributed by atoms with van der Waals surface area (Å²) in [6, 6.07) is 2.75. The molecule has 14 heavy (non-hydrogen) atoms. The summed E-state index contributed by atoms with van der Waals surface area (Å²) in [5.74, 6) is 0. The van der Waals surface area contributed by atoms with E-state index in [1.165, 1.54) is 17.7 Å². The van der Waals surface area contributed by atoms with Gasteiger partial charge >= 0.3 is 0 Å². The second-order valence-electron chi connectivity index (χ2n) is 3.88. The van der Waals surface area contributed by atoms with E-state index >= 15 is 0 Å². The van der Waals surface area contributed by atoms with E-state index in [9.17, 15) is 0 Å². The molecule has 1 aliphatic rings. The molecule has 0 aromatic carbocycles. The summed E-state index contributed by atoms with van der Waals surface area (Å²) in [4.78, 5) is 6.54. The number of hydrogen-bond donors (Lipinski definition) is 1. The Hall–Kier alpha value is -1.09. The lowest BCUT2D eigenvalue weighted by atomic mass is 10.2. The van der Waals surface area contributed by atoms with Gasteiger partial charge in [-0.2, -0.15) is 0 Å². The van der Waals surface area contributed by atoms with Gasteiger partial charge in [0, 0.05) is 37.2 Å². The molecule has 1 aliphatic heterocycles. The molecule has 3 heteroatoms. The van der Waals surface area contributed by atoms with Crippen LogP contribution in [0.2, 0.25) is 0 Å². The molecule has 1 N–H and O–H groups in total. The summed E-state index contributed by atoms with van der Waals surface area (Å²) in [6.07, 6.45) is 5.04. The molecular weight excluding hydrogens is 174 g/mol. The Morgan fingerprint density at radius 1 is 1.57 bits per heavy atom. The van der Waals surface area contributed by atoms with Crippen molar-refractivity contribution in [2.24, 2.45) is 0 Å². The number of likely N-dealkylation sites (N-methyl/N-ethyl adjacent to an activating group) is 1. The van der Waals surface area contributed by atoms with E-state index in [4.69, 9.17) is 0 Å². The Labute approximate surface area is 85.1 Å². The number of rotatable bonds is 2. The van der Waals surface area contributed by atoms with Crippen LogP contribution in [0, 0.1) is 6.92 Å². The molecule has 1 fully saturated rings. The van der Waals surface area contributed by atoms with E-state index in [1.54, 1.807) is 0 Å². The van der Waals surface area contributed by atoms with Gasteiger partial charge in [0.2, 0.25) is 0 Å². The van der Waals surface area contributed by atoms with Crippen molar-refractivity contribution in [1.29, 1.82) is 0 Å². The molecule has 0 bridgehead atoms. The number of hydrogen-bond acceptors (Lipinski definition) is 3. The summed E-state index contributed by atoms with van der Waals surface area (Å²) in [7, 11) is 2.04. The molecule has 2 rings (SSSR count). The maximum Gasteiger partial charge on any atom is 0.0427 e. The maximum absolute atomic E-state index is 4.11. The maximum atomic E-state index is 4.11. The quantitative estimate of drug-likeness (QED) is 0.761. The second kappa shape index (κ2) is 3.96. The van der Waals surface area contributed by atoms with Crippen LogP contribution in [0.3, 0.4) is 0 Å². The first-order chi connectivity index (χ1) is 6.81. The first kappa shape index (κ1) is 9.46. The predicted molar refractivity (Wildman–Crippen MR) is 58.7 cm³/mol. The minimum absolute atomic E-state index is 0.641. The van der Waals surface area contributed by atoms with Crippen LogP contribution in [0.15, 0.2) is 18.5 Å². The molecule has 0 radical (unpaired) electrons. The van der Waals surface area contributed by atoms with Gasteiger partial charge in [-0.3, -0.25) is 4.98 Å². The van der Waals surface area contributed by atoms with Crippen molar-refractivity contribution in [2.75, 3.05) is 25.0 Å². The van der Waals surface area contributed by atoms with Crippen LogP contribution in [0.4, 0.5) is 5.69 Å². The Balaban J connectivity index is 2.13. The summed E-state index contributed by atoms with van der Waals surface area (Å²) in [5.41, 5.74) is 2.60. The van der Waals surface area contributed by atoms with Crippen molar-refractivity contribution in [1.82, 2.24) is 10.3 Å². The molecule has 0 amide bonds. The van der Waals surface area contributed by atoms with Crippen LogP contribution in [-0.2, 0) is 0 Å². The molecule has 1 unspecified atom stereocenters. The highest BCUT2D eigenvalue weighted by Gasteiger charge is 2.21. The van der Waals surface area contributed by atoms with Crippen molar-refractivity contribution in [2.45, 2.75) is 19.4 Å². The van der Waals surface area contributed by atoms with Crippen LogP contribution >= 0.6 is 0 Å². The predicted octanol–water partition coefficient (Wildman–Crippen LogP) is 1.19. The highest BCUT2D eigenvalue weighted by molar-refractivity contribution is 5.52. The van der Waals surface area contributed by atoms with Crippen LogP contribution < -0.4 is 10.2 Å². The SMILES string of the molecule is CNC1CCN(c2ccncc2C)C1. The van der Waals surface area contributed by atoms with Crippen molar-refractivity contribution >= 4 is 5.69 Å². The van der Waals surface area contributed by atoms with Gasteiger partial charge in [-0.15, -0.1) is 0 Å². The summed E-state index contributed by atoms with van der Waals surface area (Å²) < 4.78 is 0. The van der Waals surface area contributed by atoms with Crippen LogP contribution in [0.5, 0.6) is 0 Å². The van der Waals surface area contributed by atoms with Gasteiger partial charge < -0.3 is 10.2 Å². The second-order valence-corrected chi connectivity index (χ2v) is 3.88. The standard InChI is InChI=1S/C11H17N3/c1-9-7-13-5-3-11(9)14-6-4-10(8-14)12-2/h3,5,7,10,12H,4,6,8H2,1-2H3. The molecule has 1 saturated heterocycles. The molecule has 1 aromatic heterocycles. The molecule has 0 spiro atoms. The van der Waals surface area contributed by atoms with E-state index in [1.807, 2.05) is 19.4 Å². The monoisotopic (exact) mass is 191 g/mol. The molecule has 1 aromatic rings. The number of aryl methyl sites for hydroxylation is 1. The Morgan fingerprint density at radius 2 is 2.43 bits per heavy atom. The zero-order valence-corrected chi connectivity index (χ0v) is 8.83. The Bertz CT molecular complexity index is 311. The third-order valence-electron chi connectivity index (χ3n) is 2.93. The normalized spacial score (nSPS) is 21.6. The van der Waals surface area contributed by atoms with Gasteiger partial charge in [0.1, 0.15) is 0 Å². The molecule has 2 heterocycles. The van der Waals surface area contributed by atoms with Crippen LogP contribution in [0.25, 0.3) is 0 Å². The highest BCUT2D eigenvalue weighted by atomic mass is 15.2. The van der Waals surface area contributed by atoms with Crippen LogP contribution in [-0.4, -0.2) is 31.2 Å². The zero-order valence-electron chi connectivity index (χ0n) is 8.83. The van der Waals surface area contributed by atoms with Gasteiger partial charge in [-0.25, -0.2) is 0 Å². The number of aromatic nitrogens is 1. The summed E-state index contributed by atoms with van der Waals surface area (Å²) in [5, 5.41) is 3.33. The third kappa shape index (κ3) is 1.73. The first-order valence-corrected chi connectivity index (χ1v) is 5.14. The van der Waals surface area contributed by atoms with Gasteiger partial charge in [0.05, 0.1) is 0 Å². The van der Waals surface area contributed by atoms with Gasteiger partial charge in [0.15, 0.2) is 0 Å². The zero-order chi connectivity index (χ0) is 9.97. The summed E-state index contributed by atoms with van der Waals surface area (Å²) >= 11 is 0. The largest absolute Gasteiger partial charge is 0.370 e. The fourth-order valence-corrected chi connectivity index (χ4v) is 2.04. The van der Waals surface area contributed by atoms with Crippen molar-refractivity contribution in [3.63, 3.8) is 0 Å². The number of nitrogens with zero attached hydrogens (tertiary/aromatic N) is 2. The van der Waals surface area contributed by atoms with E-state index in [-0.39, 0.29) is 0 Å². The lowest BCUT2D eigenvalue weighted by molar-refractivity contribution is 0.617. The van der Waals surface area contributed by atoms with Gasteiger partial charge in [0.25, 0.3) is 0 Å². The molecular formula is C11H17N3. The van der Waals surface area contributed by atoms with Crippen molar-refractivity contribution in [3.05, 3.63) is 24.0 Å². The van der Waals surface area contributed by atoms with Gasteiger partial charge in [-0.1, -0.05) is 0 Å². The average molecular weight is 191 g/mol. The fraction of sp³-hybridized carbons (Fsp3) is 0.545. The van der Waals surface area contributed by atoms with E-state index in [0.29, 0.717) is 6.04 Å². The Kier molecular flexibility index (Phi) is 2.68. The minimum Gasteiger partial charge on any atom is -0.370 e. The molecule has 76 valence electrons. The lowest BCUT2D eigenvalue weighted by Crippen LogP contribution is -2.29. The van der Waals surface area contributed by atoms with E-state index in [2.05, 4.69) is 28.2 Å². The van der Waals surface area contributed by atoms with E-state index < -0.39 is 0 Å². The van der Waals surface area contributed by atoms with Gasteiger partial charge in [-0.05, 0) is 32.0 Å². The third-order valence-corrected chi connectivity index (χ3v) is 2.93. The molecule has 0 aliphatic carbocycles.